The molecule has 116 valence electrons. The van der Waals surface area contributed by atoms with Crippen molar-refractivity contribution in [2.24, 2.45) is 5.92 Å². The first-order valence-electron chi connectivity index (χ1n) is 7.77. The number of carbonyl (C=O) groups excluding carboxylic acids is 1. The number of carbonyl (C=O) groups is 1. The molecule has 1 amide bonds. The molecule has 1 aromatic carbocycles. The highest BCUT2D eigenvalue weighted by Crippen LogP contribution is 2.26. The van der Waals surface area contributed by atoms with Crippen molar-refractivity contribution in [3.8, 4) is 5.75 Å². The van der Waals surface area contributed by atoms with Crippen LogP contribution in [-0.4, -0.2) is 24.8 Å². The van der Waals surface area contributed by atoms with Crippen molar-refractivity contribution in [3.05, 3.63) is 24.3 Å². The van der Waals surface area contributed by atoms with Gasteiger partial charge in [0.1, 0.15) is 5.75 Å². The Morgan fingerprint density at radius 3 is 2.57 bits per heavy atom. The van der Waals surface area contributed by atoms with Gasteiger partial charge < -0.3 is 10.1 Å². The van der Waals surface area contributed by atoms with E-state index in [0.29, 0.717) is 5.92 Å². The second-order valence-electron chi connectivity index (χ2n) is 5.68. The number of amides is 1. The van der Waals surface area contributed by atoms with Crippen molar-refractivity contribution in [2.75, 3.05) is 13.7 Å². The van der Waals surface area contributed by atoms with Crippen molar-refractivity contribution < 1.29 is 9.53 Å². The third-order valence-electron chi connectivity index (χ3n) is 4.03. The molecular weight excluding hydrogens is 282 g/mol. The topological polar surface area (TPSA) is 38.3 Å². The third kappa shape index (κ3) is 5.27. The minimum absolute atomic E-state index is 0.0676. The fraction of sp³-hybridized carbons (Fsp3) is 0.588. The molecule has 0 spiro atoms. The first-order chi connectivity index (χ1) is 10.2. The molecule has 0 aromatic heterocycles. The van der Waals surface area contributed by atoms with Gasteiger partial charge in [-0.1, -0.05) is 19.3 Å². The van der Waals surface area contributed by atoms with Crippen LogP contribution in [0, 0.1) is 5.92 Å². The molecular formula is C17H25NO2S. The Kier molecular flexibility index (Phi) is 6.43. The summed E-state index contributed by atoms with van der Waals surface area (Å²) in [5.74, 6) is 1.66. The molecule has 2 rings (SSSR count). The monoisotopic (exact) mass is 307 g/mol. The van der Waals surface area contributed by atoms with Crippen molar-refractivity contribution in [3.63, 3.8) is 0 Å². The molecule has 4 heteroatoms. The molecule has 21 heavy (non-hydrogen) atoms. The lowest BCUT2D eigenvalue weighted by Gasteiger charge is -2.22. The van der Waals surface area contributed by atoms with Crippen molar-refractivity contribution in [1.82, 2.24) is 5.32 Å². The Bertz CT molecular complexity index is 441. The van der Waals surface area contributed by atoms with E-state index in [9.17, 15) is 4.79 Å². The molecule has 1 fully saturated rings. The van der Waals surface area contributed by atoms with E-state index in [-0.39, 0.29) is 11.2 Å². The van der Waals surface area contributed by atoms with Crippen LogP contribution in [0.4, 0.5) is 0 Å². The van der Waals surface area contributed by atoms with Crippen LogP contribution in [0.15, 0.2) is 29.2 Å². The van der Waals surface area contributed by atoms with Crippen molar-refractivity contribution in [1.29, 1.82) is 0 Å². The quantitative estimate of drug-likeness (QED) is 0.811. The summed E-state index contributed by atoms with van der Waals surface area (Å²) < 4.78 is 5.14. The largest absolute Gasteiger partial charge is 0.497 e. The Balaban J connectivity index is 1.75. The summed E-state index contributed by atoms with van der Waals surface area (Å²) in [5, 5.41) is 3.04. The van der Waals surface area contributed by atoms with Gasteiger partial charge >= 0.3 is 0 Å². The maximum absolute atomic E-state index is 12.2. The minimum Gasteiger partial charge on any atom is -0.497 e. The van der Waals surface area contributed by atoms with Crippen LogP contribution in [-0.2, 0) is 4.79 Å². The molecule has 0 unspecified atom stereocenters. The first-order valence-corrected chi connectivity index (χ1v) is 8.65. The van der Waals surface area contributed by atoms with Crippen LogP contribution >= 0.6 is 11.8 Å². The second-order valence-corrected chi connectivity index (χ2v) is 7.10. The number of hydrogen-bond acceptors (Lipinski definition) is 3. The molecule has 1 aliphatic rings. The zero-order valence-corrected chi connectivity index (χ0v) is 13.7. The van der Waals surface area contributed by atoms with Crippen LogP contribution in [0.2, 0.25) is 0 Å². The van der Waals surface area contributed by atoms with E-state index >= 15 is 0 Å². The van der Waals surface area contributed by atoms with Gasteiger partial charge in [0, 0.05) is 11.4 Å². The lowest BCUT2D eigenvalue weighted by atomic mass is 9.89. The number of nitrogens with one attached hydrogen (secondary N) is 1. The highest BCUT2D eigenvalue weighted by Gasteiger charge is 2.18. The number of methoxy groups -OCH3 is 1. The molecule has 0 heterocycles. The van der Waals surface area contributed by atoms with E-state index in [1.165, 1.54) is 32.1 Å². The van der Waals surface area contributed by atoms with Crippen LogP contribution < -0.4 is 10.1 Å². The second kappa shape index (κ2) is 8.32. The first kappa shape index (κ1) is 16.2. The fourth-order valence-corrected chi connectivity index (χ4v) is 3.58. The van der Waals surface area contributed by atoms with E-state index in [4.69, 9.17) is 4.74 Å². The number of benzene rings is 1. The van der Waals surface area contributed by atoms with Crippen molar-refractivity contribution in [2.45, 2.75) is 49.2 Å². The Labute approximate surface area is 131 Å². The normalized spacial score (nSPS) is 17.2. The SMILES string of the molecule is COc1ccc(S[C@@H](C)C(=O)NCC2CCCCC2)cc1. The lowest BCUT2D eigenvalue weighted by Crippen LogP contribution is -2.35. The van der Waals surface area contributed by atoms with Crippen LogP contribution in [0.25, 0.3) is 0 Å². The number of hydrogen-bond donors (Lipinski definition) is 1. The van der Waals surface area contributed by atoms with Crippen LogP contribution in [0.5, 0.6) is 5.75 Å². The van der Waals surface area contributed by atoms with E-state index in [0.717, 1.165) is 17.2 Å². The Hall–Kier alpha value is -1.16. The smallest absolute Gasteiger partial charge is 0.233 e. The standard InChI is InChI=1S/C17H25NO2S/c1-13(21-16-10-8-15(20-2)9-11-16)17(19)18-12-14-6-4-3-5-7-14/h8-11,13-14H,3-7,12H2,1-2H3,(H,18,19)/t13-/m0/s1. The Morgan fingerprint density at radius 2 is 1.95 bits per heavy atom. The van der Waals surface area contributed by atoms with Gasteiger partial charge in [0.05, 0.1) is 12.4 Å². The summed E-state index contributed by atoms with van der Waals surface area (Å²) in [7, 11) is 1.66. The predicted molar refractivity (Wildman–Crippen MR) is 87.9 cm³/mol. The zero-order chi connectivity index (χ0) is 15.1. The maximum Gasteiger partial charge on any atom is 0.233 e. The highest BCUT2D eigenvalue weighted by molar-refractivity contribution is 8.00. The van der Waals surface area contributed by atoms with Gasteiger partial charge in [0.15, 0.2) is 0 Å². The fourth-order valence-electron chi connectivity index (χ4n) is 2.69. The van der Waals surface area contributed by atoms with Crippen molar-refractivity contribution >= 4 is 17.7 Å². The van der Waals surface area contributed by atoms with Gasteiger partial charge in [-0.3, -0.25) is 4.79 Å². The van der Waals surface area contributed by atoms with Gasteiger partial charge in [-0.2, -0.15) is 0 Å². The molecule has 1 atom stereocenters. The average molecular weight is 307 g/mol. The van der Waals surface area contributed by atoms with Crippen LogP contribution in [0.1, 0.15) is 39.0 Å². The molecule has 0 saturated heterocycles. The molecule has 0 aliphatic heterocycles. The zero-order valence-electron chi connectivity index (χ0n) is 12.9. The van der Waals surface area contributed by atoms with E-state index < -0.39 is 0 Å². The minimum atomic E-state index is -0.0676. The third-order valence-corrected chi connectivity index (χ3v) is 5.14. The molecule has 3 nitrogen and oxygen atoms in total. The molecule has 1 aliphatic carbocycles. The van der Waals surface area contributed by atoms with Gasteiger partial charge in [-0.15, -0.1) is 11.8 Å². The van der Waals surface area contributed by atoms with Gasteiger partial charge in [0.25, 0.3) is 0 Å². The number of ether oxygens (including phenoxy) is 1. The summed E-state index contributed by atoms with van der Waals surface area (Å²) in [4.78, 5) is 13.3. The summed E-state index contributed by atoms with van der Waals surface area (Å²) >= 11 is 1.59. The summed E-state index contributed by atoms with van der Waals surface area (Å²) in [6.45, 7) is 2.80. The number of thioether (sulfide) groups is 1. The van der Waals surface area contributed by atoms with E-state index in [2.05, 4.69) is 5.32 Å². The predicted octanol–water partition coefficient (Wildman–Crippen LogP) is 3.87. The molecule has 1 aromatic rings. The summed E-state index contributed by atoms with van der Waals surface area (Å²) in [6, 6.07) is 7.84. The summed E-state index contributed by atoms with van der Waals surface area (Å²) in [5.41, 5.74) is 0. The molecule has 1 N–H and O–H groups in total. The summed E-state index contributed by atoms with van der Waals surface area (Å²) in [6.07, 6.45) is 6.52. The van der Waals surface area contributed by atoms with Crippen LogP contribution in [0.3, 0.4) is 0 Å². The van der Waals surface area contributed by atoms with Gasteiger partial charge in [-0.25, -0.2) is 0 Å². The molecule has 1 saturated carbocycles. The van der Waals surface area contributed by atoms with Gasteiger partial charge in [0.2, 0.25) is 5.91 Å². The molecule has 0 bridgehead atoms. The lowest BCUT2D eigenvalue weighted by molar-refractivity contribution is -0.120. The Morgan fingerprint density at radius 1 is 1.29 bits per heavy atom. The number of rotatable bonds is 6. The van der Waals surface area contributed by atoms with Gasteiger partial charge in [-0.05, 0) is 49.9 Å². The highest BCUT2D eigenvalue weighted by atomic mass is 32.2. The maximum atomic E-state index is 12.2. The molecule has 0 radical (unpaired) electrons. The van der Waals surface area contributed by atoms with E-state index in [1.54, 1.807) is 18.9 Å². The average Bonchev–Trinajstić information content (AvgIpc) is 2.54. The van der Waals surface area contributed by atoms with E-state index in [1.807, 2.05) is 31.2 Å².